The molecule has 6 heteroatoms. The molecule has 25 heavy (non-hydrogen) atoms. The van der Waals surface area contributed by atoms with E-state index in [4.69, 9.17) is 11.6 Å². The average Bonchev–Trinajstić information content (AvgIpc) is 2.91. The lowest BCUT2D eigenvalue weighted by Gasteiger charge is -2.18. The average molecular weight is 358 g/mol. The van der Waals surface area contributed by atoms with Crippen LogP contribution < -0.4 is 15.5 Å². The van der Waals surface area contributed by atoms with E-state index >= 15 is 0 Å². The minimum Gasteiger partial charge on any atom is -0.333 e. The zero-order valence-corrected chi connectivity index (χ0v) is 14.9. The summed E-state index contributed by atoms with van der Waals surface area (Å²) in [5.74, 6) is -0.0147. The molecule has 3 rings (SSSR count). The van der Waals surface area contributed by atoms with Crippen molar-refractivity contribution in [3.8, 4) is 0 Å². The summed E-state index contributed by atoms with van der Waals surface area (Å²) in [4.78, 5) is 26.1. The van der Waals surface area contributed by atoms with Crippen LogP contribution in [-0.2, 0) is 4.79 Å². The number of halogens is 1. The molecule has 0 aliphatic carbocycles. The van der Waals surface area contributed by atoms with Crippen molar-refractivity contribution in [3.05, 3.63) is 58.6 Å². The smallest absolute Gasteiger partial charge is 0.319 e. The minimum atomic E-state index is -0.303. The Balaban J connectivity index is 1.61. The van der Waals surface area contributed by atoms with Crippen molar-refractivity contribution in [1.29, 1.82) is 0 Å². The zero-order chi connectivity index (χ0) is 18.0. The van der Waals surface area contributed by atoms with Gasteiger partial charge < -0.3 is 15.5 Å². The number of hydrogen-bond acceptors (Lipinski definition) is 2. The number of rotatable bonds is 3. The molecule has 0 unspecified atom stereocenters. The van der Waals surface area contributed by atoms with Crippen molar-refractivity contribution in [2.75, 3.05) is 16.8 Å². The van der Waals surface area contributed by atoms with Gasteiger partial charge in [-0.25, -0.2) is 4.79 Å². The molecule has 0 saturated carbocycles. The van der Waals surface area contributed by atoms with Crippen LogP contribution in [0.4, 0.5) is 16.2 Å². The summed E-state index contributed by atoms with van der Waals surface area (Å²) in [6.45, 7) is 4.40. The molecule has 2 aromatic rings. The molecular formula is C19H20ClN3O2. The molecule has 0 spiro atoms. The number of nitrogens with zero attached hydrogens (tertiary/aromatic N) is 1. The molecule has 1 aliphatic rings. The molecule has 2 aromatic carbocycles. The van der Waals surface area contributed by atoms with Crippen molar-refractivity contribution >= 4 is 34.9 Å². The van der Waals surface area contributed by atoms with Gasteiger partial charge in [-0.2, -0.15) is 0 Å². The van der Waals surface area contributed by atoms with Crippen LogP contribution in [0.1, 0.15) is 17.5 Å². The Morgan fingerprint density at radius 3 is 2.56 bits per heavy atom. The monoisotopic (exact) mass is 357 g/mol. The molecule has 0 aromatic heterocycles. The quantitative estimate of drug-likeness (QED) is 0.875. The largest absolute Gasteiger partial charge is 0.333 e. The predicted molar refractivity (Wildman–Crippen MR) is 100 cm³/mol. The van der Waals surface area contributed by atoms with Crippen LogP contribution in [0.5, 0.6) is 0 Å². The summed E-state index contributed by atoms with van der Waals surface area (Å²) >= 11 is 5.88. The van der Waals surface area contributed by atoms with Crippen molar-refractivity contribution in [2.24, 2.45) is 0 Å². The minimum absolute atomic E-state index is 0.0147. The number of nitrogens with one attached hydrogen (secondary N) is 2. The Morgan fingerprint density at radius 1 is 1.16 bits per heavy atom. The Hall–Kier alpha value is -2.53. The van der Waals surface area contributed by atoms with E-state index in [0.717, 1.165) is 22.5 Å². The highest BCUT2D eigenvalue weighted by Crippen LogP contribution is 2.23. The van der Waals surface area contributed by atoms with Crippen molar-refractivity contribution in [1.82, 2.24) is 5.32 Å². The van der Waals surface area contributed by atoms with E-state index in [1.54, 1.807) is 29.2 Å². The van der Waals surface area contributed by atoms with Gasteiger partial charge in [-0.15, -0.1) is 0 Å². The van der Waals surface area contributed by atoms with Gasteiger partial charge in [0.05, 0.1) is 6.04 Å². The Morgan fingerprint density at radius 2 is 1.88 bits per heavy atom. The van der Waals surface area contributed by atoms with Crippen LogP contribution in [0, 0.1) is 13.8 Å². The van der Waals surface area contributed by atoms with Gasteiger partial charge in [-0.05, 0) is 49.7 Å². The summed E-state index contributed by atoms with van der Waals surface area (Å²) < 4.78 is 0. The predicted octanol–water partition coefficient (Wildman–Crippen LogP) is 3.88. The SMILES string of the molecule is Cc1ccc(NC(=O)N[C@@H]2CC(=O)N(c3ccc(Cl)cc3)C2)c(C)c1. The second-order valence-electron chi connectivity index (χ2n) is 6.30. The third-order valence-electron chi connectivity index (χ3n) is 4.23. The first kappa shape index (κ1) is 17.3. The van der Waals surface area contributed by atoms with Crippen LogP contribution >= 0.6 is 11.6 Å². The number of urea groups is 1. The maximum Gasteiger partial charge on any atom is 0.319 e. The van der Waals surface area contributed by atoms with Gasteiger partial charge in [-0.3, -0.25) is 4.79 Å². The van der Waals surface area contributed by atoms with Gasteiger partial charge >= 0.3 is 6.03 Å². The first-order chi connectivity index (χ1) is 11.9. The summed E-state index contributed by atoms with van der Waals surface area (Å²) in [7, 11) is 0. The number of aryl methyl sites for hydroxylation is 2. The summed E-state index contributed by atoms with van der Waals surface area (Å²) in [5.41, 5.74) is 3.69. The fourth-order valence-corrected chi connectivity index (χ4v) is 3.10. The molecule has 1 heterocycles. The topological polar surface area (TPSA) is 61.4 Å². The molecule has 3 amide bonds. The highest BCUT2D eigenvalue weighted by molar-refractivity contribution is 6.30. The summed E-state index contributed by atoms with van der Waals surface area (Å²) in [6.07, 6.45) is 0.281. The number of anilines is 2. The van der Waals surface area contributed by atoms with Crippen LogP contribution in [-0.4, -0.2) is 24.5 Å². The molecule has 1 aliphatic heterocycles. The fourth-order valence-electron chi connectivity index (χ4n) is 2.97. The van der Waals surface area contributed by atoms with E-state index in [-0.39, 0.29) is 24.4 Å². The van der Waals surface area contributed by atoms with Gasteiger partial charge in [0.1, 0.15) is 0 Å². The number of benzene rings is 2. The number of amides is 3. The van der Waals surface area contributed by atoms with Crippen molar-refractivity contribution in [2.45, 2.75) is 26.3 Å². The van der Waals surface area contributed by atoms with E-state index < -0.39 is 0 Å². The molecule has 5 nitrogen and oxygen atoms in total. The van der Waals surface area contributed by atoms with Crippen LogP contribution in [0.25, 0.3) is 0 Å². The van der Waals surface area contributed by atoms with E-state index in [1.165, 1.54) is 0 Å². The van der Waals surface area contributed by atoms with E-state index in [1.807, 2.05) is 32.0 Å². The van der Waals surface area contributed by atoms with Crippen molar-refractivity contribution in [3.63, 3.8) is 0 Å². The second-order valence-corrected chi connectivity index (χ2v) is 6.74. The second kappa shape index (κ2) is 7.15. The maximum absolute atomic E-state index is 12.2. The van der Waals surface area contributed by atoms with Gasteiger partial charge in [0.15, 0.2) is 0 Å². The molecule has 1 fully saturated rings. The Bertz CT molecular complexity index is 805. The van der Waals surface area contributed by atoms with Crippen molar-refractivity contribution < 1.29 is 9.59 Å². The Kier molecular flexibility index (Phi) is 4.95. The van der Waals surface area contributed by atoms with E-state index in [0.29, 0.717) is 11.6 Å². The molecule has 0 bridgehead atoms. The van der Waals surface area contributed by atoms with Gasteiger partial charge in [0.25, 0.3) is 0 Å². The lowest BCUT2D eigenvalue weighted by molar-refractivity contribution is -0.117. The standard InChI is InChI=1S/C19H20ClN3O2/c1-12-3-8-17(13(2)9-12)22-19(25)21-15-10-18(24)23(11-15)16-6-4-14(20)5-7-16/h3-9,15H,10-11H2,1-2H3,(H2,21,22,25)/t15-/m1/s1. The number of carbonyl (C=O) groups is 2. The molecule has 130 valence electrons. The molecular weight excluding hydrogens is 338 g/mol. The fraction of sp³-hybridized carbons (Fsp3) is 0.263. The molecule has 1 saturated heterocycles. The van der Waals surface area contributed by atoms with Crippen LogP contribution in [0.15, 0.2) is 42.5 Å². The zero-order valence-electron chi connectivity index (χ0n) is 14.2. The van der Waals surface area contributed by atoms with Crippen LogP contribution in [0.2, 0.25) is 5.02 Å². The van der Waals surface area contributed by atoms with Gasteiger partial charge in [-0.1, -0.05) is 29.3 Å². The molecule has 2 N–H and O–H groups in total. The lowest BCUT2D eigenvalue weighted by atomic mass is 10.1. The number of hydrogen-bond donors (Lipinski definition) is 2. The third kappa shape index (κ3) is 4.12. The van der Waals surface area contributed by atoms with Gasteiger partial charge in [0.2, 0.25) is 5.91 Å². The molecule has 0 radical (unpaired) electrons. The van der Waals surface area contributed by atoms with E-state index in [9.17, 15) is 9.59 Å². The maximum atomic E-state index is 12.2. The van der Waals surface area contributed by atoms with Crippen LogP contribution in [0.3, 0.4) is 0 Å². The normalized spacial score (nSPS) is 16.8. The van der Waals surface area contributed by atoms with E-state index in [2.05, 4.69) is 10.6 Å². The summed E-state index contributed by atoms with van der Waals surface area (Å²) in [6, 6.07) is 12.4. The van der Waals surface area contributed by atoms with Gasteiger partial charge in [0, 0.05) is 29.4 Å². The first-order valence-electron chi connectivity index (χ1n) is 8.13. The third-order valence-corrected chi connectivity index (χ3v) is 4.48. The first-order valence-corrected chi connectivity index (χ1v) is 8.51. The number of carbonyl (C=O) groups excluding carboxylic acids is 2. The highest BCUT2D eigenvalue weighted by Gasteiger charge is 2.31. The lowest BCUT2D eigenvalue weighted by Crippen LogP contribution is -2.39. The highest BCUT2D eigenvalue weighted by atomic mass is 35.5. The molecule has 1 atom stereocenters. The summed E-state index contributed by atoms with van der Waals surface area (Å²) in [5, 5.41) is 6.34. The Labute approximate surface area is 152 Å².